The van der Waals surface area contributed by atoms with Gasteiger partial charge in [0.25, 0.3) is 0 Å². The van der Waals surface area contributed by atoms with E-state index in [4.69, 9.17) is 5.11 Å². The summed E-state index contributed by atoms with van der Waals surface area (Å²) in [6.45, 7) is -0.165. The van der Waals surface area contributed by atoms with Crippen LogP contribution in [0.1, 0.15) is 15.9 Å². The Kier molecular flexibility index (Phi) is 4.59. The summed E-state index contributed by atoms with van der Waals surface area (Å²) >= 11 is 0. The monoisotopic (exact) mass is 290 g/mol. The van der Waals surface area contributed by atoms with Crippen LogP contribution in [0.25, 0.3) is 0 Å². The topological polar surface area (TPSA) is 69.6 Å². The first-order chi connectivity index (χ1) is 9.16. The summed E-state index contributed by atoms with van der Waals surface area (Å²) in [6.07, 6.45) is -4.62. The van der Waals surface area contributed by atoms with Gasteiger partial charge in [0.15, 0.2) is 0 Å². The maximum atomic E-state index is 12.6. The summed E-state index contributed by atoms with van der Waals surface area (Å²) in [5.74, 6) is -1.88. The molecule has 0 aliphatic carbocycles. The summed E-state index contributed by atoms with van der Waals surface area (Å²) in [5.41, 5.74) is -1.52. The molecule has 8 heteroatoms. The Labute approximate surface area is 113 Å². The van der Waals surface area contributed by atoms with Crippen LogP contribution in [0.3, 0.4) is 0 Å². The van der Waals surface area contributed by atoms with Crippen molar-refractivity contribution in [2.24, 2.45) is 0 Å². The van der Waals surface area contributed by atoms with Crippen LogP contribution in [0.4, 0.5) is 18.9 Å². The maximum Gasteiger partial charge on any atom is 0.416 e. The lowest BCUT2D eigenvalue weighted by Crippen LogP contribution is -2.33. The Morgan fingerprint density at radius 3 is 2.40 bits per heavy atom. The molecule has 2 N–H and O–H groups in total. The van der Waals surface area contributed by atoms with Crippen LogP contribution in [0.5, 0.6) is 0 Å². The van der Waals surface area contributed by atoms with Crippen molar-refractivity contribution in [2.75, 3.05) is 25.5 Å². The molecule has 0 saturated carbocycles. The lowest BCUT2D eigenvalue weighted by Gasteiger charge is -2.21. The van der Waals surface area contributed by atoms with Crippen molar-refractivity contribution in [3.63, 3.8) is 0 Å². The fourth-order valence-corrected chi connectivity index (χ4v) is 1.60. The number of benzene rings is 1. The van der Waals surface area contributed by atoms with Gasteiger partial charge >= 0.3 is 12.1 Å². The molecule has 0 spiro atoms. The quantitative estimate of drug-likeness (QED) is 0.883. The predicted octanol–water partition coefficient (Wildman–Crippen LogP) is 1.59. The molecule has 0 saturated heterocycles. The zero-order chi connectivity index (χ0) is 15.5. The van der Waals surface area contributed by atoms with Crippen molar-refractivity contribution in [3.8, 4) is 0 Å². The Hall–Kier alpha value is -2.25. The first-order valence-electron chi connectivity index (χ1n) is 5.53. The van der Waals surface area contributed by atoms with Crippen LogP contribution in [0.2, 0.25) is 0 Å². The van der Waals surface area contributed by atoms with E-state index in [2.05, 4.69) is 5.32 Å². The number of amides is 1. The van der Waals surface area contributed by atoms with E-state index in [0.29, 0.717) is 6.07 Å². The third-order valence-corrected chi connectivity index (χ3v) is 2.63. The van der Waals surface area contributed by atoms with Crippen LogP contribution >= 0.6 is 0 Å². The van der Waals surface area contributed by atoms with Crippen LogP contribution in [-0.2, 0) is 11.0 Å². The highest BCUT2D eigenvalue weighted by Crippen LogP contribution is 2.32. The SMILES string of the molecule is CNC(=O)CN(C)c1ccc(C(F)(F)F)cc1C(=O)O. The van der Waals surface area contributed by atoms with Gasteiger partial charge in [0.05, 0.1) is 23.4 Å². The molecule has 0 heterocycles. The second kappa shape index (κ2) is 5.81. The number of likely N-dealkylation sites (N-methyl/N-ethyl adjacent to an activating group) is 2. The molecule has 1 aromatic rings. The Morgan fingerprint density at radius 2 is 1.95 bits per heavy atom. The highest BCUT2D eigenvalue weighted by atomic mass is 19.4. The molecule has 0 atom stereocenters. The second-order valence-electron chi connectivity index (χ2n) is 4.06. The summed E-state index contributed by atoms with van der Waals surface area (Å²) in [7, 11) is 2.82. The first kappa shape index (κ1) is 15.8. The minimum Gasteiger partial charge on any atom is -0.478 e. The van der Waals surface area contributed by atoms with E-state index in [0.717, 1.165) is 12.1 Å². The van der Waals surface area contributed by atoms with Gasteiger partial charge in [0.2, 0.25) is 5.91 Å². The molecular weight excluding hydrogens is 277 g/mol. The minimum absolute atomic E-state index is 0.0362. The molecule has 0 aliphatic heterocycles. The van der Waals surface area contributed by atoms with E-state index >= 15 is 0 Å². The number of hydrogen-bond donors (Lipinski definition) is 2. The van der Waals surface area contributed by atoms with E-state index < -0.39 is 23.3 Å². The van der Waals surface area contributed by atoms with Crippen molar-refractivity contribution in [2.45, 2.75) is 6.18 Å². The summed E-state index contributed by atoms with van der Waals surface area (Å²) in [4.78, 5) is 23.6. The number of aromatic carboxylic acids is 1. The highest BCUT2D eigenvalue weighted by Gasteiger charge is 2.32. The summed E-state index contributed by atoms with van der Waals surface area (Å²) < 4.78 is 37.7. The molecule has 110 valence electrons. The van der Waals surface area contributed by atoms with Crippen LogP contribution in [0.15, 0.2) is 18.2 Å². The number of carboxylic acids is 1. The first-order valence-corrected chi connectivity index (χ1v) is 5.53. The van der Waals surface area contributed by atoms with E-state index in [9.17, 15) is 22.8 Å². The van der Waals surface area contributed by atoms with Gasteiger partial charge in [-0.05, 0) is 18.2 Å². The van der Waals surface area contributed by atoms with Crippen LogP contribution in [0, 0.1) is 0 Å². The van der Waals surface area contributed by atoms with E-state index in [1.54, 1.807) is 0 Å². The molecule has 0 aromatic heterocycles. The van der Waals surface area contributed by atoms with Gasteiger partial charge in [0.1, 0.15) is 0 Å². The van der Waals surface area contributed by atoms with Gasteiger partial charge in [0, 0.05) is 14.1 Å². The van der Waals surface area contributed by atoms with E-state index in [1.165, 1.54) is 19.0 Å². The van der Waals surface area contributed by atoms with E-state index in [1.807, 2.05) is 0 Å². The third kappa shape index (κ3) is 3.62. The summed E-state index contributed by atoms with van der Waals surface area (Å²) in [6, 6.07) is 2.37. The number of carbonyl (C=O) groups is 2. The standard InChI is InChI=1S/C12H13F3N2O3/c1-16-10(18)6-17(2)9-4-3-7(12(13,14)15)5-8(9)11(19)20/h3-5H,6H2,1-2H3,(H,16,18)(H,19,20). The molecule has 1 rings (SSSR count). The number of nitrogens with one attached hydrogen (secondary N) is 1. The number of anilines is 1. The van der Waals surface area contributed by atoms with Gasteiger partial charge in [-0.3, -0.25) is 4.79 Å². The average molecular weight is 290 g/mol. The molecule has 0 radical (unpaired) electrons. The van der Waals surface area contributed by atoms with Gasteiger partial charge in [-0.1, -0.05) is 0 Å². The molecular formula is C12H13F3N2O3. The van der Waals surface area contributed by atoms with Crippen molar-refractivity contribution < 1.29 is 27.9 Å². The molecule has 1 amide bonds. The summed E-state index contributed by atoms with van der Waals surface area (Å²) in [5, 5.41) is 11.3. The highest BCUT2D eigenvalue weighted by molar-refractivity contribution is 5.95. The Bertz CT molecular complexity index is 529. The fraction of sp³-hybridized carbons (Fsp3) is 0.333. The van der Waals surface area contributed by atoms with Crippen LogP contribution < -0.4 is 10.2 Å². The molecule has 0 bridgehead atoms. The number of carbonyl (C=O) groups excluding carboxylic acids is 1. The number of carboxylic acid groups (broad SMARTS) is 1. The Balaban J connectivity index is 3.20. The van der Waals surface area contributed by atoms with Gasteiger partial charge in [-0.2, -0.15) is 13.2 Å². The molecule has 0 fully saturated rings. The number of nitrogens with zero attached hydrogens (tertiary/aromatic N) is 1. The third-order valence-electron chi connectivity index (χ3n) is 2.63. The maximum absolute atomic E-state index is 12.6. The van der Waals surface area contributed by atoms with Gasteiger partial charge < -0.3 is 15.3 Å². The molecule has 1 aromatic carbocycles. The zero-order valence-electron chi connectivity index (χ0n) is 10.8. The fourth-order valence-electron chi connectivity index (χ4n) is 1.60. The number of hydrogen-bond acceptors (Lipinski definition) is 3. The molecule has 0 unspecified atom stereocenters. The van der Waals surface area contributed by atoms with Crippen molar-refractivity contribution >= 4 is 17.6 Å². The molecule has 0 aliphatic rings. The lowest BCUT2D eigenvalue weighted by atomic mass is 10.1. The number of alkyl halides is 3. The van der Waals surface area contributed by atoms with Crippen molar-refractivity contribution in [3.05, 3.63) is 29.3 Å². The number of halogens is 3. The normalized spacial score (nSPS) is 11.1. The largest absolute Gasteiger partial charge is 0.478 e. The molecule has 20 heavy (non-hydrogen) atoms. The second-order valence-corrected chi connectivity index (χ2v) is 4.06. The molecule has 5 nitrogen and oxygen atoms in total. The lowest BCUT2D eigenvalue weighted by molar-refractivity contribution is -0.137. The predicted molar refractivity (Wildman–Crippen MR) is 65.7 cm³/mol. The van der Waals surface area contributed by atoms with E-state index in [-0.39, 0.29) is 18.1 Å². The Morgan fingerprint density at radius 1 is 1.35 bits per heavy atom. The minimum atomic E-state index is -4.62. The van der Waals surface area contributed by atoms with Gasteiger partial charge in [-0.15, -0.1) is 0 Å². The van der Waals surface area contributed by atoms with Crippen LogP contribution in [-0.4, -0.2) is 37.6 Å². The average Bonchev–Trinajstić information content (AvgIpc) is 2.36. The zero-order valence-corrected chi connectivity index (χ0v) is 10.8. The van der Waals surface area contributed by atoms with Crippen molar-refractivity contribution in [1.82, 2.24) is 5.32 Å². The van der Waals surface area contributed by atoms with Crippen molar-refractivity contribution in [1.29, 1.82) is 0 Å². The number of rotatable bonds is 4. The van der Waals surface area contributed by atoms with Gasteiger partial charge in [-0.25, -0.2) is 4.79 Å². The smallest absolute Gasteiger partial charge is 0.416 e.